The van der Waals surface area contributed by atoms with Gasteiger partial charge in [0.25, 0.3) is 19.6 Å². The molecule has 124 heavy (non-hydrogen) atoms. The number of carbonyl (C=O) groups excluding carboxylic acids is 6. The average Bonchev–Trinajstić information content (AvgIpc) is 1.60. The van der Waals surface area contributed by atoms with E-state index in [1.54, 1.807) is 6.20 Å². The molecule has 6 aromatic rings. The first-order chi connectivity index (χ1) is 59.4. The van der Waals surface area contributed by atoms with Gasteiger partial charge in [-0.05, 0) is 133 Å². The molecule has 4 aliphatic rings. The van der Waals surface area contributed by atoms with E-state index in [-0.39, 0.29) is 109 Å². The summed E-state index contributed by atoms with van der Waals surface area (Å²) >= 11 is 0. The summed E-state index contributed by atoms with van der Waals surface area (Å²) in [6.45, 7) is 33.8. The van der Waals surface area contributed by atoms with Gasteiger partial charge in [0.2, 0.25) is 24.3 Å². The summed E-state index contributed by atoms with van der Waals surface area (Å²) in [7, 11) is -2.67. The van der Waals surface area contributed by atoms with Crippen LogP contribution in [0.3, 0.4) is 0 Å². The van der Waals surface area contributed by atoms with Crippen molar-refractivity contribution >= 4 is 52.5 Å². The molecular formula is C95H126N9O18PSi. The van der Waals surface area contributed by atoms with Gasteiger partial charge in [0.15, 0.2) is 8.32 Å². The zero-order valence-electron chi connectivity index (χ0n) is 74.3. The number of esters is 3. The number of carbonyl (C=O) groups is 6. The molecule has 0 spiro atoms. The molecular weight excluding hydrogens is 1610 g/mol. The van der Waals surface area contributed by atoms with E-state index in [9.17, 15) is 47.9 Å². The second-order valence-corrected chi connectivity index (χ2v) is 40.3. The Labute approximate surface area is 731 Å². The fourth-order valence-electron chi connectivity index (χ4n) is 15.5. The summed E-state index contributed by atoms with van der Waals surface area (Å²) in [6.07, 6.45) is 7.78. The molecule has 3 amide bonds. The lowest BCUT2D eigenvalue weighted by molar-refractivity contribution is -0.154. The van der Waals surface area contributed by atoms with E-state index in [4.69, 9.17) is 43.7 Å². The standard InChI is InChI=1S/C52H74N5O9PSi.C43H52N4O9/c1-12-43-48(65-67(62-33-31-53-9)57(36(2)3)37(4)5)49(66-68(10,11)52(6,7)8)47(64-43)42-35-56(51(61)55-50(42)60)32-21-30-54-45(58)26-15-13-14-16-27-46(59)63-44-34-40-24-18-17-22-38(40)28-29-39-23-19-20-25-41(39)44;1-4-34-28(2)40(56-39(51)23-22-36(48)44-3)41(55-34)33-27-47(43(53)46-42(33)52)25-13-24-45-37(49)18-7-5-6-8-19-38(50)54-35-26-31-16-10-9-14-29(31)20-21-30-15-11-12-17-32(30)35/h17-20,22-25,35-37,43-44,47-49H,12-16,21,26-27,30-34H2,1-8,10-11H3,(H,54,58)(H,55,60,61);9-12,14-17,27-28,34-35,40-41H,4-8,13,18-19,22-26H2,1-3H3,(H,44,48)(H,45,49)(H,46,52,53)/t43-,44?,47+,48?,49-,67?;28?,34-,35?,40+,41+/m11/s1. The van der Waals surface area contributed by atoms with E-state index >= 15 is 0 Å². The molecule has 2 aliphatic heterocycles. The average molecular weight is 1740 g/mol. The van der Waals surface area contributed by atoms with Gasteiger partial charge in [-0.3, -0.25) is 48.3 Å². The molecule has 4 heterocycles. The molecule has 5 N–H and O–H groups in total. The molecule has 0 bridgehead atoms. The number of nitrogens with zero attached hydrogens (tertiary/aromatic N) is 4. The minimum atomic E-state index is -2.50. The van der Waals surface area contributed by atoms with Crippen LogP contribution in [0.2, 0.25) is 18.1 Å². The Bertz CT molecular complexity index is 5030. The number of amides is 3. The summed E-state index contributed by atoms with van der Waals surface area (Å²) in [5, 5.41) is 8.14. The first kappa shape index (κ1) is 97.9. The van der Waals surface area contributed by atoms with Crippen LogP contribution in [0.4, 0.5) is 0 Å². The Hall–Kier alpha value is -9.92. The zero-order chi connectivity index (χ0) is 89.6. The van der Waals surface area contributed by atoms with Gasteiger partial charge in [0, 0.05) is 142 Å². The number of hydrogen-bond donors (Lipinski definition) is 5. The lowest BCUT2D eigenvalue weighted by Gasteiger charge is -2.42. The van der Waals surface area contributed by atoms with Crippen LogP contribution < -0.4 is 38.4 Å². The highest BCUT2D eigenvalue weighted by molar-refractivity contribution is 7.44. The third-order valence-corrected chi connectivity index (χ3v) is 29.9. The Morgan fingerprint density at radius 3 is 1.44 bits per heavy atom. The quantitative estimate of drug-likeness (QED) is 0.00452. The van der Waals surface area contributed by atoms with Crippen molar-refractivity contribution in [3.05, 3.63) is 218 Å². The smallest absolute Gasteiger partial charge is 0.328 e. The topological polar surface area (TPSA) is 330 Å². The van der Waals surface area contributed by atoms with Gasteiger partial charge in [-0.1, -0.05) is 164 Å². The van der Waals surface area contributed by atoms with Crippen molar-refractivity contribution in [2.24, 2.45) is 5.92 Å². The lowest BCUT2D eigenvalue weighted by Crippen LogP contribution is -2.49. The number of aromatic nitrogens is 4. The summed E-state index contributed by atoms with van der Waals surface area (Å²) in [5.74, 6) is 11.2. The van der Waals surface area contributed by atoms with Crippen molar-refractivity contribution in [3.8, 4) is 23.7 Å². The maximum atomic E-state index is 13.7. The van der Waals surface area contributed by atoms with Crippen LogP contribution in [0.25, 0.3) is 4.85 Å². The lowest BCUT2D eigenvalue weighted by atomic mass is 9.92. The maximum Gasteiger partial charge on any atom is 0.328 e. The molecule has 0 radical (unpaired) electrons. The molecule has 2 fully saturated rings. The van der Waals surface area contributed by atoms with Crippen molar-refractivity contribution in [2.45, 2.75) is 296 Å². The molecule has 11 atom stereocenters. The maximum absolute atomic E-state index is 13.7. The van der Waals surface area contributed by atoms with Crippen LogP contribution in [0.1, 0.15) is 265 Å². The van der Waals surface area contributed by atoms with Gasteiger partial charge in [-0.15, -0.1) is 0 Å². The highest BCUT2D eigenvalue weighted by Crippen LogP contribution is 2.53. The van der Waals surface area contributed by atoms with Gasteiger partial charge in [0.1, 0.15) is 49.3 Å². The normalized spacial score (nSPS) is 19.6. The third kappa shape index (κ3) is 28.0. The first-order valence-electron chi connectivity index (χ1n) is 44.0. The molecule has 10 rings (SSSR count). The number of H-pyrrole nitrogens is 2. The Morgan fingerprint density at radius 1 is 0.556 bits per heavy atom. The van der Waals surface area contributed by atoms with Crippen molar-refractivity contribution in [2.75, 3.05) is 33.3 Å². The number of nitrogens with one attached hydrogen (secondary N) is 5. The minimum absolute atomic E-state index is 0.0240. The van der Waals surface area contributed by atoms with Crippen molar-refractivity contribution in [3.63, 3.8) is 0 Å². The number of aromatic amines is 2. The van der Waals surface area contributed by atoms with Gasteiger partial charge in [-0.25, -0.2) is 20.8 Å². The molecule has 5 unspecified atom stereocenters. The predicted molar refractivity (Wildman–Crippen MR) is 478 cm³/mol. The van der Waals surface area contributed by atoms with Gasteiger partial charge in [-0.2, -0.15) is 0 Å². The minimum Gasteiger partial charge on any atom is -0.459 e. The van der Waals surface area contributed by atoms with Crippen LogP contribution in [-0.4, -0.2) is 144 Å². The molecule has 29 heteroatoms. The largest absolute Gasteiger partial charge is 0.459 e. The number of unbranched alkanes of at least 4 members (excludes halogenated alkanes) is 6. The van der Waals surface area contributed by atoms with Crippen molar-refractivity contribution < 1.29 is 65.9 Å². The van der Waals surface area contributed by atoms with Gasteiger partial charge < -0.3 is 67.1 Å². The first-order valence-corrected chi connectivity index (χ1v) is 48.0. The second kappa shape index (κ2) is 48.0. The molecule has 4 aromatic carbocycles. The van der Waals surface area contributed by atoms with E-state index in [0.717, 1.165) is 70.2 Å². The van der Waals surface area contributed by atoms with Crippen LogP contribution in [0.5, 0.6) is 0 Å². The number of aryl methyl sites for hydroxylation is 2. The predicted octanol–water partition coefficient (Wildman–Crippen LogP) is 14.1. The van der Waals surface area contributed by atoms with Crippen LogP contribution >= 0.6 is 8.53 Å². The molecule has 2 saturated heterocycles. The Balaban J connectivity index is 0.000000286. The highest BCUT2D eigenvalue weighted by atomic mass is 31.2. The van der Waals surface area contributed by atoms with E-state index in [1.165, 1.54) is 22.4 Å². The zero-order valence-corrected chi connectivity index (χ0v) is 76.2. The Morgan fingerprint density at radius 2 is 0.984 bits per heavy atom. The number of fused-ring (bicyclic) bond motifs is 4. The molecule has 2 aliphatic carbocycles. The summed E-state index contributed by atoms with van der Waals surface area (Å²) < 4.78 is 56.1. The molecule has 668 valence electrons. The second-order valence-electron chi connectivity index (χ2n) is 34.1. The Kier molecular flexibility index (Phi) is 37.9. The van der Waals surface area contributed by atoms with E-state index in [2.05, 4.69) is 121 Å². The summed E-state index contributed by atoms with van der Waals surface area (Å²) in [6, 6.07) is 31.6. The van der Waals surface area contributed by atoms with Crippen LogP contribution in [0.15, 0.2) is 129 Å². The monoisotopic (exact) mass is 1740 g/mol. The number of rotatable bonds is 42. The van der Waals surface area contributed by atoms with Crippen LogP contribution in [-0.2, 0) is 91.9 Å². The van der Waals surface area contributed by atoms with Gasteiger partial charge in [0.05, 0.1) is 29.8 Å². The summed E-state index contributed by atoms with van der Waals surface area (Å²) in [4.78, 5) is 136. The number of benzene rings is 4. The molecule has 2 aromatic heterocycles. The fourth-order valence-corrected chi connectivity index (χ4v) is 18.5. The SMILES string of the molecule is CC[C@H]1O[C@@H](c2cn(CCCNC(=O)CCCCCCC(=O)OC3Cc4ccccc4C#Cc4ccccc43)c(=O)[nH]c2=O)[C@@H](OC(=O)CCC(=O)NC)C1C.[C-]#[N+]CCOP(OC1[C@@H](CC)O[C@@H](c2cn(CCCNC(=O)CCCCCCC(=O)OC3Cc4ccccc4C#Cc4ccccc43)c(=O)[nH]c2=O)[C@H]1O[Si](C)(C)C(C)(C)C)N(C(C)C)C(C)C. The molecule has 0 saturated carbocycles. The highest BCUT2D eigenvalue weighted by Gasteiger charge is 2.54. The van der Waals surface area contributed by atoms with E-state index in [0.29, 0.717) is 103 Å². The summed E-state index contributed by atoms with van der Waals surface area (Å²) in [5.41, 5.74) is 5.65. The van der Waals surface area contributed by atoms with Crippen molar-refractivity contribution in [1.29, 1.82) is 0 Å². The number of ether oxygens (including phenoxy) is 5. The van der Waals surface area contributed by atoms with E-state index in [1.807, 2.05) is 118 Å². The third-order valence-electron chi connectivity index (χ3n) is 23.3. The fraction of sp³-hybridized carbons (Fsp3) is 0.547. The van der Waals surface area contributed by atoms with E-state index < -0.39 is 94.1 Å². The number of hydrogen-bond acceptors (Lipinski definition) is 19. The van der Waals surface area contributed by atoms with Crippen LogP contribution in [0, 0.1) is 36.2 Å². The van der Waals surface area contributed by atoms with Crippen molar-refractivity contribution in [1.82, 2.24) is 39.7 Å². The van der Waals surface area contributed by atoms with Gasteiger partial charge >= 0.3 is 29.3 Å². The molecule has 27 nitrogen and oxygen atoms in total.